The Kier molecular flexibility index (Phi) is 4.63. The minimum absolute atomic E-state index is 0.0351. The number of carboxylic acid groups (broad SMARTS) is 1. The number of ether oxygens (including phenoxy) is 1. The molecule has 0 aromatic heterocycles. The molecule has 0 fully saturated rings. The van der Waals surface area contributed by atoms with Crippen molar-refractivity contribution in [3.63, 3.8) is 0 Å². The molecular weight excluding hydrogens is 252 g/mol. The van der Waals surface area contributed by atoms with Crippen LogP contribution in [0.25, 0.3) is 0 Å². The molecule has 0 amide bonds. The highest BCUT2D eigenvalue weighted by Gasteiger charge is 2.17. The molecule has 0 aliphatic rings. The molecule has 1 unspecified atom stereocenters. The van der Waals surface area contributed by atoms with Gasteiger partial charge in [-0.2, -0.15) is 0 Å². The van der Waals surface area contributed by atoms with Crippen LogP contribution in [-0.2, 0) is 10.2 Å². The highest BCUT2D eigenvalue weighted by atomic mass is 35.5. The van der Waals surface area contributed by atoms with Crippen LogP contribution in [-0.4, -0.2) is 23.1 Å². The number of hydrogen-bond donors (Lipinski definition) is 1. The monoisotopic (exact) mass is 270 g/mol. The third kappa shape index (κ3) is 3.91. The fourth-order valence-electron chi connectivity index (χ4n) is 1.51. The van der Waals surface area contributed by atoms with Gasteiger partial charge in [0, 0.05) is 0 Å². The van der Waals surface area contributed by atoms with Gasteiger partial charge in [0.05, 0.1) is 0 Å². The molecule has 1 aromatic carbocycles. The summed E-state index contributed by atoms with van der Waals surface area (Å²) in [5.74, 6) is -0.393. The predicted molar refractivity (Wildman–Crippen MR) is 72.7 cm³/mol. The lowest BCUT2D eigenvalue weighted by Gasteiger charge is -2.20. The van der Waals surface area contributed by atoms with Crippen molar-refractivity contribution in [3.05, 3.63) is 29.3 Å². The first-order valence-corrected chi connectivity index (χ1v) is 6.26. The van der Waals surface area contributed by atoms with Gasteiger partial charge in [0.15, 0.2) is 5.38 Å². The molecule has 3 nitrogen and oxygen atoms in total. The molecule has 0 bridgehead atoms. The zero-order valence-corrected chi connectivity index (χ0v) is 11.9. The van der Waals surface area contributed by atoms with Gasteiger partial charge >= 0.3 is 5.97 Å². The van der Waals surface area contributed by atoms with E-state index in [-0.39, 0.29) is 12.0 Å². The van der Waals surface area contributed by atoms with E-state index in [9.17, 15) is 4.79 Å². The fraction of sp³-hybridized carbons (Fsp3) is 0.500. The van der Waals surface area contributed by atoms with Crippen LogP contribution in [0.1, 0.15) is 31.9 Å². The molecule has 0 spiro atoms. The lowest BCUT2D eigenvalue weighted by Crippen LogP contribution is -2.21. The lowest BCUT2D eigenvalue weighted by atomic mass is 9.86. The smallest absolute Gasteiger partial charge is 0.325 e. The molecule has 1 N–H and O–H groups in total. The largest absolute Gasteiger partial charge is 0.491 e. The Labute approximate surface area is 113 Å². The van der Waals surface area contributed by atoms with E-state index in [0.717, 1.165) is 5.56 Å². The summed E-state index contributed by atoms with van der Waals surface area (Å²) < 4.78 is 5.41. The highest BCUT2D eigenvalue weighted by molar-refractivity contribution is 6.29. The standard InChI is InChI=1S/C14H19ClO3/c1-9-7-10(14(2,3)4)5-6-12(9)18-8-11(15)13(16)17/h5-7,11H,8H2,1-4H3,(H,16,17). The third-order valence-electron chi connectivity index (χ3n) is 2.69. The van der Waals surface area contributed by atoms with Crippen LogP contribution in [0, 0.1) is 6.92 Å². The van der Waals surface area contributed by atoms with Crippen LogP contribution in [0.2, 0.25) is 0 Å². The van der Waals surface area contributed by atoms with Gasteiger partial charge in [-0.05, 0) is 29.5 Å². The Balaban J connectivity index is 2.78. The molecule has 100 valence electrons. The fourth-order valence-corrected chi connectivity index (χ4v) is 1.58. The Hall–Kier alpha value is -1.22. The van der Waals surface area contributed by atoms with Gasteiger partial charge in [-0.3, -0.25) is 4.79 Å². The summed E-state index contributed by atoms with van der Waals surface area (Å²) in [6.45, 7) is 8.33. The Morgan fingerprint density at radius 3 is 2.50 bits per heavy atom. The maximum Gasteiger partial charge on any atom is 0.325 e. The molecule has 0 radical (unpaired) electrons. The first-order chi connectivity index (χ1) is 8.21. The topological polar surface area (TPSA) is 46.5 Å². The molecule has 0 aliphatic carbocycles. The molecular formula is C14H19ClO3. The van der Waals surface area contributed by atoms with Gasteiger partial charge in [-0.15, -0.1) is 11.6 Å². The van der Waals surface area contributed by atoms with E-state index in [0.29, 0.717) is 5.75 Å². The molecule has 1 aromatic rings. The number of benzene rings is 1. The molecule has 0 aliphatic heterocycles. The maximum absolute atomic E-state index is 10.6. The number of hydrogen-bond acceptors (Lipinski definition) is 2. The molecule has 0 heterocycles. The summed E-state index contributed by atoms with van der Waals surface area (Å²) in [6.07, 6.45) is 0. The zero-order chi connectivity index (χ0) is 13.9. The molecule has 18 heavy (non-hydrogen) atoms. The number of aliphatic carboxylic acids is 1. The van der Waals surface area contributed by atoms with Crippen molar-refractivity contribution >= 4 is 17.6 Å². The number of alkyl halides is 1. The van der Waals surface area contributed by atoms with E-state index in [1.807, 2.05) is 19.1 Å². The lowest BCUT2D eigenvalue weighted by molar-refractivity contribution is -0.137. The van der Waals surface area contributed by atoms with Gasteiger partial charge in [-0.1, -0.05) is 32.9 Å². The van der Waals surface area contributed by atoms with E-state index in [1.54, 1.807) is 0 Å². The second-order valence-corrected chi connectivity index (χ2v) is 5.87. The minimum Gasteiger partial charge on any atom is -0.491 e. The predicted octanol–water partition coefficient (Wildman–Crippen LogP) is 3.36. The van der Waals surface area contributed by atoms with Crippen molar-refractivity contribution in [2.45, 2.75) is 38.5 Å². The quantitative estimate of drug-likeness (QED) is 0.854. The van der Waals surface area contributed by atoms with Gasteiger partial charge in [0.1, 0.15) is 12.4 Å². The molecule has 1 rings (SSSR count). The number of aryl methyl sites for hydroxylation is 1. The Bertz CT molecular complexity index is 435. The van der Waals surface area contributed by atoms with Crippen molar-refractivity contribution in [1.29, 1.82) is 0 Å². The van der Waals surface area contributed by atoms with Crippen molar-refractivity contribution in [2.75, 3.05) is 6.61 Å². The Morgan fingerprint density at radius 1 is 1.44 bits per heavy atom. The second kappa shape index (κ2) is 5.61. The van der Waals surface area contributed by atoms with Crippen LogP contribution in [0.3, 0.4) is 0 Å². The van der Waals surface area contributed by atoms with Crippen molar-refractivity contribution in [3.8, 4) is 5.75 Å². The maximum atomic E-state index is 10.6. The first kappa shape index (κ1) is 14.8. The van der Waals surface area contributed by atoms with Crippen molar-refractivity contribution in [1.82, 2.24) is 0 Å². The van der Waals surface area contributed by atoms with Gasteiger partial charge in [0.2, 0.25) is 0 Å². The van der Waals surface area contributed by atoms with E-state index in [2.05, 4.69) is 26.8 Å². The number of halogens is 1. The van der Waals surface area contributed by atoms with Gasteiger partial charge < -0.3 is 9.84 Å². The molecule has 1 atom stereocenters. The summed E-state index contributed by atoms with van der Waals surface area (Å²) in [6, 6.07) is 5.91. The SMILES string of the molecule is Cc1cc(C(C)(C)C)ccc1OCC(Cl)C(=O)O. The molecule has 0 saturated heterocycles. The zero-order valence-electron chi connectivity index (χ0n) is 11.2. The average Bonchev–Trinajstić information content (AvgIpc) is 2.25. The summed E-state index contributed by atoms with van der Waals surface area (Å²) in [7, 11) is 0. The highest BCUT2D eigenvalue weighted by Crippen LogP contribution is 2.27. The first-order valence-electron chi connectivity index (χ1n) is 5.82. The summed E-state index contributed by atoms with van der Waals surface area (Å²) in [5, 5.41) is 7.65. The van der Waals surface area contributed by atoms with E-state index in [1.165, 1.54) is 5.56 Å². The molecule has 4 heteroatoms. The van der Waals surface area contributed by atoms with Crippen molar-refractivity contribution < 1.29 is 14.6 Å². The normalized spacial score (nSPS) is 13.2. The third-order valence-corrected chi connectivity index (χ3v) is 3.01. The van der Waals surface area contributed by atoms with E-state index >= 15 is 0 Å². The Morgan fingerprint density at radius 2 is 2.06 bits per heavy atom. The average molecular weight is 271 g/mol. The van der Waals surface area contributed by atoms with Crippen LogP contribution in [0.4, 0.5) is 0 Å². The number of carboxylic acids is 1. The summed E-state index contributed by atoms with van der Waals surface area (Å²) in [4.78, 5) is 10.6. The summed E-state index contributed by atoms with van der Waals surface area (Å²) >= 11 is 5.60. The summed E-state index contributed by atoms with van der Waals surface area (Å²) in [5.41, 5.74) is 2.28. The van der Waals surface area contributed by atoms with Crippen LogP contribution < -0.4 is 4.74 Å². The minimum atomic E-state index is -1.07. The second-order valence-electron chi connectivity index (χ2n) is 5.35. The van der Waals surface area contributed by atoms with E-state index < -0.39 is 11.3 Å². The van der Waals surface area contributed by atoms with Gasteiger partial charge in [-0.25, -0.2) is 0 Å². The van der Waals surface area contributed by atoms with Gasteiger partial charge in [0.25, 0.3) is 0 Å². The van der Waals surface area contributed by atoms with Crippen LogP contribution >= 0.6 is 11.6 Å². The molecule has 0 saturated carbocycles. The van der Waals surface area contributed by atoms with E-state index in [4.69, 9.17) is 21.4 Å². The van der Waals surface area contributed by atoms with Crippen LogP contribution in [0.15, 0.2) is 18.2 Å². The van der Waals surface area contributed by atoms with Crippen LogP contribution in [0.5, 0.6) is 5.75 Å². The number of rotatable bonds is 4. The number of carbonyl (C=O) groups is 1. The van der Waals surface area contributed by atoms with Crippen molar-refractivity contribution in [2.24, 2.45) is 0 Å².